The number of aryl methyl sites for hydroxylation is 2. The molecule has 3 heteroatoms. The third kappa shape index (κ3) is 0.936. The zero-order valence-corrected chi connectivity index (χ0v) is 8.27. The number of imidazole rings is 1. The Bertz CT molecular complexity index is 473. The van der Waals surface area contributed by atoms with Crippen molar-refractivity contribution in [2.45, 2.75) is 18.4 Å². The molecular weight excluding hydrogens is 180 g/mol. The van der Waals surface area contributed by atoms with E-state index in [1.54, 1.807) is 0 Å². The zero-order valence-electron chi connectivity index (χ0n) is 7.45. The predicted octanol–water partition coefficient (Wildman–Crippen LogP) is 2.29. The SMILES string of the molecule is Cc1nc2cccc3n2c1CCS3. The van der Waals surface area contributed by atoms with Crippen molar-refractivity contribution in [3.63, 3.8) is 0 Å². The van der Waals surface area contributed by atoms with Gasteiger partial charge in [-0.3, -0.25) is 4.40 Å². The molecule has 0 fully saturated rings. The van der Waals surface area contributed by atoms with E-state index in [0.29, 0.717) is 0 Å². The Labute approximate surface area is 81.0 Å². The van der Waals surface area contributed by atoms with Gasteiger partial charge < -0.3 is 0 Å². The molecule has 13 heavy (non-hydrogen) atoms. The molecule has 0 aliphatic carbocycles. The number of rotatable bonds is 0. The number of pyridine rings is 1. The summed E-state index contributed by atoms with van der Waals surface area (Å²) in [6.07, 6.45) is 1.15. The van der Waals surface area contributed by atoms with Gasteiger partial charge in [0, 0.05) is 11.4 Å². The highest BCUT2D eigenvalue weighted by Gasteiger charge is 2.15. The lowest BCUT2D eigenvalue weighted by Crippen LogP contribution is -2.05. The Kier molecular flexibility index (Phi) is 1.44. The third-order valence-electron chi connectivity index (χ3n) is 2.49. The molecule has 0 saturated carbocycles. The second-order valence-corrected chi connectivity index (χ2v) is 4.42. The van der Waals surface area contributed by atoms with Crippen molar-refractivity contribution in [3.8, 4) is 0 Å². The van der Waals surface area contributed by atoms with E-state index in [4.69, 9.17) is 0 Å². The maximum absolute atomic E-state index is 4.53. The van der Waals surface area contributed by atoms with E-state index in [-0.39, 0.29) is 0 Å². The van der Waals surface area contributed by atoms with Gasteiger partial charge in [-0.25, -0.2) is 4.98 Å². The fraction of sp³-hybridized carbons (Fsp3) is 0.300. The minimum atomic E-state index is 1.09. The minimum Gasteiger partial charge on any atom is -0.291 e. The number of thioether (sulfide) groups is 1. The van der Waals surface area contributed by atoms with E-state index in [9.17, 15) is 0 Å². The zero-order chi connectivity index (χ0) is 8.84. The molecular formula is C10H10N2S. The molecule has 0 atom stereocenters. The molecule has 0 aromatic carbocycles. The van der Waals surface area contributed by atoms with Gasteiger partial charge in [-0.15, -0.1) is 11.8 Å². The fourth-order valence-electron chi connectivity index (χ4n) is 1.89. The smallest absolute Gasteiger partial charge is 0.138 e. The van der Waals surface area contributed by atoms with Crippen molar-refractivity contribution in [2.75, 3.05) is 5.75 Å². The van der Waals surface area contributed by atoms with Crippen molar-refractivity contribution in [3.05, 3.63) is 29.6 Å². The summed E-state index contributed by atoms with van der Waals surface area (Å²) in [7, 11) is 0. The molecule has 1 aliphatic heterocycles. The molecule has 0 saturated heterocycles. The molecule has 0 bridgehead atoms. The highest BCUT2D eigenvalue weighted by molar-refractivity contribution is 7.99. The van der Waals surface area contributed by atoms with Gasteiger partial charge in [0.1, 0.15) is 5.65 Å². The number of nitrogens with zero attached hydrogens (tertiary/aromatic N) is 2. The van der Waals surface area contributed by atoms with Crippen molar-refractivity contribution in [2.24, 2.45) is 0 Å². The normalized spacial score (nSPS) is 15.2. The first-order chi connectivity index (χ1) is 6.36. The average Bonchev–Trinajstić information content (AvgIpc) is 2.47. The lowest BCUT2D eigenvalue weighted by molar-refractivity contribution is 0.887. The van der Waals surface area contributed by atoms with Gasteiger partial charge in [0.25, 0.3) is 0 Å². The molecule has 2 aromatic rings. The molecule has 2 aromatic heterocycles. The first-order valence-electron chi connectivity index (χ1n) is 4.46. The molecule has 0 radical (unpaired) electrons. The van der Waals surface area contributed by atoms with Crippen LogP contribution in [-0.2, 0) is 6.42 Å². The van der Waals surface area contributed by atoms with Crippen molar-refractivity contribution < 1.29 is 0 Å². The van der Waals surface area contributed by atoms with Crippen molar-refractivity contribution >= 4 is 17.4 Å². The molecule has 3 rings (SSSR count). The second kappa shape index (κ2) is 2.51. The maximum Gasteiger partial charge on any atom is 0.138 e. The Morgan fingerprint density at radius 3 is 3.31 bits per heavy atom. The lowest BCUT2D eigenvalue weighted by Gasteiger charge is -2.13. The van der Waals surface area contributed by atoms with Crippen LogP contribution in [0.3, 0.4) is 0 Å². The highest BCUT2D eigenvalue weighted by atomic mass is 32.2. The maximum atomic E-state index is 4.53. The summed E-state index contributed by atoms with van der Waals surface area (Å²) >= 11 is 1.92. The first-order valence-corrected chi connectivity index (χ1v) is 5.44. The number of hydrogen-bond donors (Lipinski definition) is 0. The van der Waals surface area contributed by atoms with Crippen LogP contribution in [0.2, 0.25) is 0 Å². The van der Waals surface area contributed by atoms with Gasteiger partial charge >= 0.3 is 0 Å². The van der Waals surface area contributed by atoms with E-state index in [1.165, 1.54) is 22.2 Å². The summed E-state index contributed by atoms with van der Waals surface area (Å²) in [4.78, 5) is 4.53. The molecule has 0 amide bonds. The summed E-state index contributed by atoms with van der Waals surface area (Å²) in [5.41, 5.74) is 3.68. The standard InChI is InChI=1S/C10H10N2S/c1-7-8-5-6-13-10-4-2-3-9(11-7)12(8)10/h2-4H,5-6H2,1H3. The summed E-state index contributed by atoms with van der Waals surface area (Å²) in [5, 5.41) is 1.33. The Hall–Kier alpha value is -0.960. The van der Waals surface area contributed by atoms with Crippen LogP contribution >= 0.6 is 11.8 Å². The van der Waals surface area contributed by atoms with E-state index in [1.807, 2.05) is 11.8 Å². The van der Waals surface area contributed by atoms with Crippen LogP contribution in [0.5, 0.6) is 0 Å². The van der Waals surface area contributed by atoms with Crippen LogP contribution in [0.25, 0.3) is 5.65 Å². The molecule has 0 spiro atoms. The van der Waals surface area contributed by atoms with Gasteiger partial charge in [0.05, 0.1) is 10.7 Å². The average molecular weight is 190 g/mol. The van der Waals surface area contributed by atoms with Gasteiger partial charge in [-0.05, 0) is 25.5 Å². The van der Waals surface area contributed by atoms with Crippen LogP contribution in [-0.4, -0.2) is 15.1 Å². The highest BCUT2D eigenvalue weighted by Crippen LogP contribution is 2.28. The number of hydrogen-bond acceptors (Lipinski definition) is 2. The van der Waals surface area contributed by atoms with Crippen LogP contribution in [0.4, 0.5) is 0 Å². The van der Waals surface area contributed by atoms with E-state index < -0.39 is 0 Å². The summed E-state index contributed by atoms with van der Waals surface area (Å²) in [6.45, 7) is 2.10. The van der Waals surface area contributed by atoms with Crippen molar-refractivity contribution in [1.29, 1.82) is 0 Å². The van der Waals surface area contributed by atoms with Gasteiger partial charge in [0.15, 0.2) is 0 Å². The van der Waals surface area contributed by atoms with E-state index >= 15 is 0 Å². The monoisotopic (exact) mass is 190 g/mol. The van der Waals surface area contributed by atoms with Gasteiger partial charge in [-0.1, -0.05) is 6.07 Å². The Morgan fingerprint density at radius 1 is 1.46 bits per heavy atom. The van der Waals surface area contributed by atoms with Crippen molar-refractivity contribution in [1.82, 2.24) is 9.38 Å². The van der Waals surface area contributed by atoms with Crippen LogP contribution in [0.15, 0.2) is 23.2 Å². The topological polar surface area (TPSA) is 17.3 Å². The Morgan fingerprint density at radius 2 is 2.38 bits per heavy atom. The minimum absolute atomic E-state index is 1.09. The predicted molar refractivity (Wildman–Crippen MR) is 54.4 cm³/mol. The number of aromatic nitrogens is 2. The van der Waals surface area contributed by atoms with E-state index in [2.05, 4.69) is 34.5 Å². The largest absolute Gasteiger partial charge is 0.291 e. The van der Waals surface area contributed by atoms with Crippen LogP contribution < -0.4 is 0 Å². The summed E-state index contributed by atoms with van der Waals surface area (Å²) in [5.74, 6) is 1.19. The fourth-order valence-corrected chi connectivity index (χ4v) is 2.90. The molecule has 1 aliphatic rings. The summed E-state index contributed by atoms with van der Waals surface area (Å²) < 4.78 is 2.28. The van der Waals surface area contributed by atoms with E-state index in [0.717, 1.165) is 12.1 Å². The second-order valence-electron chi connectivity index (χ2n) is 3.30. The third-order valence-corrected chi connectivity index (χ3v) is 3.51. The van der Waals surface area contributed by atoms with Crippen LogP contribution in [0.1, 0.15) is 11.4 Å². The van der Waals surface area contributed by atoms with Gasteiger partial charge in [-0.2, -0.15) is 0 Å². The molecule has 2 nitrogen and oxygen atoms in total. The lowest BCUT2D eigenvalue weighted by atomic mass is 10.3. The Balaban J connectivity index is 2.51. The molecule has 0 unspecified atom stereocenters. The van der Waals surface area contributed by atoms with Crippen LogP contribution in [0, 0.1) is 6.92 Å². The first kappa shape index (κ1) is 7.44. The quantitative estimate of drug-likeness (QED) is 0.634. The molecule has 66 valence electrons. The van der Waals surface area contributed by atoms with Gasteiger partial charge in [0.2, 0.25) is 0 Å². The molecule has 3 heterocycles. The summed E-state index contributed by atoms with van der Waals surface area (Å²) in [6, 6.07) is 6.33. The molecule has 0 N–H and O–H groups in total.